The topological polar surface area (TPSA) is 91.4 Å². The van der Waals surface area contributed by atoms with Crippen LogP contribution in [0.25, 0.3) is 0 Å². The molecule has 0 spiro atoms. The van der Waals surface area contributed by atoms with E-state index in [1.165, 1.54) is 24.3 Å². The van der Waals surface area contributed by atoms with Crippen molar-refractivity contribution in [2.24, 2.45) is 0 Å². The Hall–Kier alpha value is -2.29. The Morgan fingerprint density at radius 3 is 2.50 bits per heavy atom. The van der Waals surface area contributed by atoms with E-state index in [4.69, 9.17) is 0 Å². The van der Waals surface area contributed by atoms with Crippen LogP contribution in [0.3, 0.4) is 0 Å². The van der Waals surface area contributed by atoms with Gasteiger partial charge in [0.2, 0.25) is 10.0 Å². The van der Waals surface area contributed by atoms with Gasteiger partial charge in [0, 0.05) is 31.0 Å². The summed E-state index contributed by atoms with van der Waals surface area (Å²) in [7, 11) is 0.305. The molecule has 0 aliphatic carbocycles. The molecule has 0 bridgehead atoms. The van der Waals surface area contributed by atoms with Crippen molar-refractivity contribution in [1.82, 2.24) is 19.9 Å². The summed E-state index contributed by atoms with van der Waals surface area (Å²) in [4.78, 5) is 18.2. The van der Waals surface area contributed by atoms with Crippen molar-refractivity contribution in [2.75, 3.05) is 27.2 Å². The Balaban J connectivity index is 1.91. The Kier molecular flexibility index (Phi) is 7.26. The maximum absolute atomic E-state index is 12.3. The quantitative estimate of drug-likeness (QED) is 0.643. The second kappa shape index (κ2) is 9.42. The molecule has 1 heterocycles. The van der Waals surface area contributed by atoms with E-state index < -0.39 is 10.0 Å². The van der Waals surface area contributed by atoms with Crippen molar-refractivity contribution >= 4 is 15.9 Å². The predicted molar refractivity (Wildman–Crippen MR) is 100 cm³/mol. The van der Waals surface area contributed by atoms with Gasteiger partial charge in [0.1, 0.15) is 0 Å². The van der Waals surface area contributed by atoms with Crippen LogP contribution in [0.2, 0.25) is 0 Å². The first-order valence-corrected chi connectivity index (χ1v) is 9.78. The van der Waals surface area contributed by atoms with Crippen LogP contribution in [0.4, 0.5) is 0 Å². The van der Waals surface area contributed by atoms with Gasteiger partial charge in [-0.25, -0.2) is 13.1 Å². The largest absolute Gasteiger partial charge is 0.352 e. The van der Waals surface area contributed by atoms with Crippen molar-refractivity contribution in [3.05, 3.63) is 59.9 Å². The summed E-state index contributed by atoms with van der Waals surface area (Å²) >= 11 is 0. The molecule has 140 valence electrons. The third kappa shape index (κ3) is 6.21. The molecule has 0 saturated carbocycles. The SMILES string of the molecule is CN(C)CCCNC(=O)c1ccc(S(=O)(=O)NCc2cccnc2)cc1. The van der Waals surface area contributed by atoms with Gasteiger partial charge in [0.05, 0.1) is 4.90 Å². The highest BCUT2D eigenvalue weighted by atomic mass is 32.2. The molecule has 8 heteroatoms. The van der Waals surface area contributed by atoms with E-state index in [0.29, 0.717) is 12.1 Å². The van der Waals surface area contributed by atoms with E-state index in [-0.39, 0.29) is 17.3 Å². The van der Waals surface area contributed by atoms with E-state index >= 15 is 0 Å². The lowest BCUT2D eigenvalue weighted by Crippen LogP contribution is -2.27. The van der Waals surface area contributed by atoms with Crippen LogP contribution in [0.15, 0.2) is 53.7 Å². The minimum Gasteiger partial charge on any atom is -0.352 e. The number of aromatic nitrogens is 1. The fourth-order valence-corrected chi connectivity index (χ4v) is 3.27. The van der Waals surface area contributed by atoms with E-state index in [2.05, 4.69) is 15.0 Å². The summed E-state index contributed by atoms with van der Waals surface area (Å²) in [6, 6.07) is 9.43. The van der Waals surface area contributed by atoms with Crippen LogP contribution >= 0.6 is 0 Å². The first-order valence-electron chi connectivity index (χ1n) is 8.30. The lowest BCUT2D eigenvalue weighted by atomic mass is 10.2. The molecular weight excluding hydrogens is 352 g/mol. The molecule has 0 aliphatic rings. The van der Waals surface area contributed by atoms with E-state index in [1.807, 2.05) is 19.0 Å². The molecule has 0 fully saturated rings. The molecule has 0 aliphatic heterocycles. The summed E-state index contributed by atoms with van der Waals surface area (Å²) < 4.78 is 27.2. The number of nitrogens with zero attached hydrogens (tertiary/aromatic N) is 2. The molecule has 0 unspecified atom stereocenters. The van der Waals surface area contributed by atoms with Gasteiger partial charge in [-0.05, 0) is 63.0 Å². The molecule has 2 N–H and O–H groups in total. The zero-order valence-corrected chi connectivity index (χ0v) is 15.8. The van der Waals surface area contributed by atoms with Crippen LogP contribution in [0.5, 0.6) is 0 Å². The average Bonchev–Trinajstić information content (AvgIpc) is 2.64. The van der Waals surface area contributed by atoms with Gasteiger partial charge in [-0.2, -0.15) is 0 Å². The van der Waals surface area contributed by atoms with Crippen LogP contribution in [0, 0.1) is 0 Å². The Bertz CT molecular complexity index is 806. The molecule has 2 aromatic rings. The standard InChI is InChI=1S/C18H24N4O3S/c1-22(2)12-4-11-20-18(23)16-6-8-17(9-7-16)26(24,25)21-14-15-5-3-10-19-13-15/h3,5-10,13,21H,4,11-12,14H2,1-2H3,(H,20,23). The van der Waals surface area contributed by atoms with Crippen molar-refractivity contribution in [3.63, 3.8) is 0 Å². The summed E-state index contributed by atoms with van der Waals surface area (Å²) in [6.45, 7) is 1.62. The zero-order valence-electron chi connectivity index (χ0n) is 15.0. The Morgan fingerprint density at radius 1 is 1.15 bits per heavy atom. The molecule has 1 amide bonds. The van der Waals surface area contributed by atoms with Crippen LogP contribution in [-0.2, 0) is 16.6 Å². The van der Waals surface area contributed by atoms with Crippen molar-refractivity contribution in [2.45, 2.75) is 17.9 Å². The minimum absolute atomic E-state index is 0.116. The summed E-state index contributed by atoms with van der Waals surface area (Å²) in [5, 5.41) is 2.82. The number of amides is 1. The average molecular weight is 376 g/mol. The lowest BCUT2D eigenvalue weighted by molar-refractivity contribution is 0.0952. The molecule has 7 nitrogen and oxygen atoms in total. The van der Waals surface area contributed by atoms with Gasteiger partial charge in [0.15, 0.2) is 0 Å². The Labute approximate surface area is 154 Å². The summed E-state index contributed by atoms with van der Waals surface area (Å²) in [6.07, 6.45) is 4.08. The number of pyridine rings is 1. The number of hydrogen-bond acceptors (Lipinski definition) is 5. The highest BCUT2D eigenvalue weighted by Crippen LogP contribution is 2.11. The van der Waals surface area contributed by atoms with E-state index in [1.54, 1.807) is 24.5 Å². The summed E-state index contributed by atoms with van der Waals surface area (Å²) in [5.74, 6) is -0.212. The molecule has 26 heavy (non-hydrogen) atoms. The second-order valence-electron chi connectivity index (χ2n) is 6.12. The highest BCUT2D eigenvalue weighted by molar-refractivity contribution is 7.89. The number of rotatable bonds is 9. The Morgan fingerprint density at radius 2 is 1.88 bits per heavy atom. The molecule has 2 rings (SSSR count). The first kappa shape index (κ1) is 20.0. The normalized spacial score (nSPS) is 11.5. The molecule has 0 saturated heterocycles. The van der Waals surface area contributed by atoms with Crippen LogP contribution in [-0.4, -0.2) is 51.4 Å². The highest BCUT2D eigenvalue weighted by Gasteiger charge is 2.14. The third-order valence-electron chi connectivity index (χ3n) is 3.68. The third-order valence-corrected chi connectivity index (χ3v) is 5.10. The summed E-state index contributed by atoms with van der Waals surface area (Å²) in [5.41, 5.74) is 1.20. The van der Waals surface area contributed by atoms with Gasteiger partial charge in [0.25, 0.3) is 5.91 Å². The monoisotopic (exact) mass is 376 g/mol. The number of benzene rings is 1. The number of sulfonamides is 1. The smallest absolute Gasteiger partial charge is 0.251 e. The predicted octanol–water partition coefficient (Wildman–Crippen LogP) is 1.24. The molecule has 0 atom stereocenters. The van der Waals surface area contributed by atoms with Gasteiger partial charge < -0.3 is 10.2 Å². The molecule has 1 aromatic heterocycles. The molecular formula is C18H24N4O3S. The molecule has 1 aromatic carbocycles. The second-order valence-corrected chi connectivity index (χ2v) is 7.89. The number of hydrogen-bond donors (Lipinski definition) is 2. The maximum Gasteiger partial charge on any atom is 0.251 e. The lowest BCUT2D eigenvalue weighted by Gasteiger charge is -2.10. The maximum atomic E-state index is 12.3. The van der Waals surface area contributed by atoms with Crippen molar-refractivity contribution < 1.29 is 13.2 Å². The zero-order chi connectivity index (χ0) is 19.0. The van der Waals surface area contributed by atoms with Gasteiger partial charge in [-0.15, -0.1) is 0 Å². The van der Waals surface area contributed by atoms with Crippen LogP contribution < -0.4 is 10.0 Å². The minimum atomic E-state index is -3.65. The number of carbonyl (C=O) groups excluding carboxylic acids is 1. The fourth-order valence-electron chi connectivity index (χ4n) is 2.25. The fraction of sp³-hybridized carbons (Fsp3) is 0.333. The first-order chi connectivity index (χ1) is 12.4. The van der Waals surface area contributed by atoms with Crippen molar-refractivity contribution in [3.8, 4) is 0 Å². The number of carbonyl (C=O) groups is 1. The van der Waals surface area contributed by atoms with Gasteiger partial charge >= 0.3 is 0 Å². The van der Waals surface area contributed by atoms with Crippen molar-refractivity contribution in [1.29, 1.82) is 0 Å². The molecule has 0 radical (unpaired) electrons. The van der Waals surface area contributed by atoms with Gasteiger partial charge in [-0.3, -0.25) is 9.78 Å². The number of nitrogens with one attached hydrogen (secondary N) is 2. The van der Waals surface area contributed by atoms with Gasteiger partial charge in [-0.1, -0.05) is 6.07 Å². The van der Waals surface area contributed by atoms with Crippen LogP contribution in [0.1, 0.15) is 22.3 Å². The van der Waals surface area contributed by atoms with E-state index in [9.17, 15) is 13.2 Å². The van der Waals surface area contributed by atoms with E-state index in [0.717, 1.165) is 18.5 Å².